The van der Waals surface area contributed by atoms with E-state index in [1.54, 1.807) is 17.3 Å². The first kappa shape index (κ1) is 23.1. The Morgan fingerprint density at radius 2 is 1.77 bits per heavy atom. The molecule has 1 aliphatic rings. The molecule has 3 aromatic rings. The number of pyridine rings is 1. The second-order valence-corrected chi connectivity index (χ2v) is 8.44. The molecule has 0 fully saturated rings. The molecule has 0 atom stereocenters. The van der Waals surface area contributed by atoms with Gasteiger partial charge in [0.1, 0.15) is 0 Å². The number of halogens is 2. The lowest BCUT2D eigenvalue weighted by Gasteiger charge is -2.29. The molecule has 164 valence electrons. The van der Waals surface area contributed by atoms with Gasteiger partial charge >= 0.3 is 6.09 Å². The van der Waals surface area contributed by atoms with Gasteiger partial charge in [-0.1, -0.05) is 17.7 Å². The summed E-state index contributed by atoms with van der Waals surface area (Å²) in [5.74, 6) is 0.321. The van der Waals surface area contributed by atoms with Gasteiger partial charge in [0.05, 0.1) is 16.9 Å². The van der Waals surface area contributed by atoms with Crippen LogP contribution in [0.5, 0.6) is 5.88 Å². The summed E-state index contributed by atoms with van der Waals surface area (Å²) in [5, 5.41) is 5.41. The molecule has 0 unspecified atom stereocenters. The van der Waals surface area contributed by atoms with Crippen molar-refractivity contribution in [2.45, 2.75) is 52.6 Å². The first-order valence-corrected chi connectivity index (χ1v) is 10.6. The van der Waals surface area contributed by atoms with Gasteiger partial charge in [0, 0.05) is 29.5 Å². The number of rotatable bonds is 4. The Balaban J connectivity index is 0.00000272. The second kappa shape index (κ2) is 9.28. The predicted octanol–water partition coefficient (Wildman–Crippen LogP) is 5.73. The van der Waals surface area contributed by atoms with Crippen LogP contribution in [0.4, 0.5) is 4.79 Å². The third-order valence-corrected chi connectivity index (χ3v) is 5.57. The summed E-state index contributed by atoms with van der Waals surface area (Å²) < 4.78 is 7.75. The third kappa shape index (κ3) is 4.41. The van der Waals surface area contributed by atoms with Gasteiger partial charge in [-0.15, -0.1) is 17.5 Å². The van der Waals surface area contributed by atoms with Crippen LogP contribution in [0.3, 0.4) is 0 Å². The summed E-state index contributed by atoms with van der Waals surface area (Å²) in [4.78, 5) is 18.8. The molecule has 1 aromatic carbocycles. The largest absolute Gasteiger partial charge is 0.417 e. The number of amides is 1. The first-order valence-electron chi connectivity index (χ1n) is 10.2. The van der Waals surface area contributed by atoms with Crippen molar-refractivity contribution in [1.29, 1.82) is 0 Å². The minimum atomic E-state index is -0.400. The SMILES string of the molecule is CC(C)N(C(=O)Oc1nn(-c2ccncc2)c2c1-c1ccc(Cl)cc1CC2)C(C)C.Cl. The van der Waals surface area contributed by atoms with Gasteiger partial charge in [-0.05, 0) is 75.9 Å². The number of benzene rings is 1. The fourth-order valence-electron chi connectivity index (χ4n) is 4.12. The van der Waals surface area contributed by atoms with Crippen molar-refractivity contribution in [3.8, 4) is 22.7 Å². The number of carbonyl (C=O) groups is 1. The van der Waals surface area contributed by atoms with Crippen molar-refractivity contribution in [2.75, 3.05) is 0 Å². The molecule has 1 amide bonds. The minimum absolute atomic E-state index is 0. The van der Waals surface area contributed by atoms with Crippen LogP contribution in [-0.2, 0) is 12.8 Å². The van der Waals surface area contributed by atoms with E-state index in [1.165, 1.54) is 0 Å². The van der Waals surface area contributed by atoms with Crippen molar-refractivity contribution in [3.63, 3.8) is 0 Å². The molecular formula is C23H26Cl2N4O2. The standard InChI is InChI=1S/C23H25ClN4O2.ClH/c1-14(2)27(15(3)4)23(29)30-22-21-19-7-6-17(24)13-16(19)5-8-20(21)28(26-22)18-9-11-25-12-10-18;/h6-7,9-15H,5,8H2,1-4H3;1H. The quantitative estimate of drug-likeness (QED) is 0.498. The number of carbonyl (C=O) groups excluding carboxylic acids is 1. The van der Waals surface area contributed by atoms with Crippen LogP contribution < -0.4 is 4.74 Å². The molecule has 2 aromatic heterocycles. The van der Waals surface area contributed by atoms with Crippen LogP contribution in [0.2, 0.25) is 5.02 Å². The molecule has 0 saturated carbocycles. The van der Waals surface area contributed by atoms with Crippen LogP contribution in [0, 0.1) is 0 Å². The average molecular weight is 461 g/mol. The smallest absolute Gasteiger partial charge is 0.389 e. The van der Waals surface area contributed by atoms with Gasteiger partial charge in [0.2, 0.25) is 0 Å². The number of fused-ring (bicyclic) bond motifs is 3. The molecule has 1 aliphatic carbocycles. The van der Waals surface area contributed by atoms with Gasteiger partial charge in [-0.25, -0.2) is 9.48 Å². The maximum Gasteiger partial charge on any atom is 0.417 e. The lowest BCUT2D eigenvalue weighted by molar-refractivity contribution is 0.121. The lowest BCUT2D eigenvalue weighted by Crippen LogP contribution is -2.43. The fourth-order valence-corrected chi connectivity index (χ4v) is 4.32. The van der Waals surface area contributed by atoms with E-state index in [0.29, 0.717) is 10.9 Å². The molecular weight excluding hydrogens is 435 g/mol. The fraction of sp³-hybridized carbons (Fsp3) is 0.348. The maximum atomic E-state index is 13.0. The molecule has 0 radical (unpaired) electrons. The molecule has 6 nitrogen and oxygen atoms in total. The number of nitrogens with zero attached hydrogens (tertiary/aromatic N) is 4. The van der Waals surface area contributed by atoms with Crippen LogP contribution in [0.1, 0.15) is 39.0 Å². The highest BCUT2D eigenvalue weighted by Crippen LogP contribution is 2.41. The van der Waals surface area contributed by atoms with E-state index in [2.05, 4.69) is 4.98 Å². The second-order valence-electron chi connectivity index (χ2n) is 8.01. The Morgan fingerprint density at radius 1 is 1.10 bits per heavy atom. The molecule has 8 heteroatoms. The van der Waals surface area contributed by atoms with Crippen molar-refractivity contribution in [2.24, 2.45) is 0 Å². The highest BCUT2D eigenvalue weighted by atomic mass is 35.5. The monoisotopic (exact) mass is 460 g/mol. The Morgan fingerprint density at radius 3 is 2.42 bits per heavy atom. The molecule has 31 heavy (non-hydrogen) atoms. The van der Waals surface area contributed by atoms with E-state index in [4.69, 9.17) is 21.4 Å². The molecule has 0 spiro atoms. The van der Waals surface area contributed by atoms with E-state index in [0.717, 1.165) is 40.9 Å². The van der Waals surface area contributed by atoms with Crippen LogP contribution >= 0.6 is 24.0 Å². The summed E-state index contributed by atoms with van der Waals surface area (Å²) in [6.45, 7) is 7.90. The Kier molecular flexibility index (Phi) is 6.92. The number of aromatic nitrogens is 3. The van der Waals surface area contributed by atoms with E-state index in [1.807, 2.05) is 62.7 Å². The van der Waals surface area contributed by atoms with Gasteiger partial charge in [0.15, 0.2) is 0 Å². The van der Waals surface area contributed by atoms with Gasteiger partial charge in [-0.3, -0.25) is 4.98 Å². The summed E-state index contributed by atoms with van der Waals surface area (Å²) in [6.07, 6.45) is 4.67. The molecule has 2 heterocycles. The van der Waals surface area contributed by atoms with Crippen LogP contribution in [-0.4, -0.2) is 37.8 Å². The lowest BCUT2D eigenvalue weighted by atomic mass is 9.89. The van der Waals surface area contributed by atoms with E-state index >= 15 is 0 Å². The molecule has 4 rings (SSSR count). The molecule has 0 bridgehead atoms. The molecule has 0 N–H and O–H groups in total. The van der Waals surface area contributed by atoms with Crippen molar-refractivity contribution >= 4 is 30.1 Å². The Hall–Kier alpha value is -2.57. The van der Waals surface area contributed by atoms with Gasteiger partial charge in [0.25, 0.3) is 5.88 Å². The van der Waals surface area contributed by atoms with Crippen molar-refractivity contribution in [1.82, 2.24) is 19.7 Å². The maximum absolute atomic E-state index is 13.0. The third-order valence-electron chi connectivity index (χ3n) is 5.33. The van der Waals surface area contributed by atoms with E-state index in [9.17, 15) is 4.79 Å². The Bertz CT molecular complexity index is 1070. The molecule has 0 saturated heterocycles. The Labute approximate surface area is 193 Å². The van der Waals surface area contributed by atoms with E-state index < -0.39 is 6.09 Å². The van der Waals surface area contributed by atoms with Gasteiger partial charge < -0.3 is 9.64 Å². The number of hydrogen-bond acceptors (Lipinski definition) is 4. The summed E-state index contributed by atoms with van der Waals surface area (Å²) >= 11 is 6.22. The number of ether oxygens (including phenoxy) is 1. The molecule has 0 aliphatic heterocycles. The topological polar surface area (TPSA) is 60.3 Å². The zero-order chi connectivity index (χ0) is 21.4. The summed E-state index contributed by atoms with van der Waals surface area (Å²) in [7, 11) is 0. The summed E-state index contributed by atoms with van der Waals surface area (Å²) in [5.41, 5.74) is 4.88. The first-order chi connectivity index (χ1) is 14.4. The minimum Gasteiger partial charge on any atom is -0.389 e. The zero-order valence-electron chi connectivity index (χ0n) is 18.0. The van der Waals surface area contributed by atoms with E-state index in [-0.39, 0.29) is 24.5 Å². The number of hydrogen-bond donors (Lipinski definition) is 0. The normalized spacial score (nSPS) is 12.2. The highest BCUT2D eigenvalue weighted by molar-refractivity contribution is 6.30. The predicted molar refractivity (Wildman–Crippen MR) is 125 cm³/mol. The van der Waals surface area contributed by atoms with Gasteiger partial charge in [-0.2, -0.15) is 0 Å². The average Bonchev–Trinajstić information content (AvgIpc) is 3.06. The van der Waals surface area contributed by atoms with Crippen LogP contribution in [0.15, 0.2) is 42.7 Å². The zero-order valence-corrected chi connectivity index (χ0v) is 19.6. The van der Waals surface area contributed by atoms with Crippen LogP contribution in [0.25, 0.3) is 16.8 Å². The van der Waals surface area contributed by atoms with Crippen molar-refractivity contribution in [3.05, 3.63) is 59.0 Å². The van der Waals surface area contributed by atoms with Crippen molar-refractivity contribution < 1.29 is 9.53 Å². The highest BCUT2D eigenvalue weighted by Gasteiger charge is 2.30. The summed E-state index contributed by atoms with van der Waals surface area (Å²) in [6, 6.07) is 9.64. The number of aryl methyl sites for hydroxylation is 1.